The van der Waals surface area contributed by atoms with Crippen molar-refractivity contribution in [3.8, 4) is 11.5 Å². The Labute approximate surface area is 101 Å². The summed E-state index contributed by atoms with van der Waals surface area (Å²) in [7, 11) is 3.13. The van der Waals surface area contributed by atoms with E-state index < -0.39 is 0 Å². The Morgan fingerprint density at radius 1 is 1.53 bits per heavy atom. The minimum atomic E-state index is -0.304. The van der Waals surface area contributed by atoms with E-state index in [2.05, 4.69) is 10.6 Å². The molecule has 1 amide bonds. The van der Waals surface area contributed by atoms with Gasteiger partial charge in [0.05, 0.1) is 13.2 Å². The van der Waals surface area contributed by atoms with Crippen LogP contribution in [0.2, 0.25) is 0 Å². The number of ether oxygens (including phenoxy) is 1. The van der Waals surface area contributed by atoms with E-state index in [1.165, 1.54) is 0 Å². The van der Waals surface area contributed by atoms with Crippen LogP contribution in [0.3, 0.4) is 0 Å². The molecule has 94 valence electrons. The van der Waals surface area contributed by atoms with E-state index in [4.69, 9.17) is 4.74 Å². The van der Waals surface area contributed by atoms with Crippen LogP contribution in [-0.2, 0) is 11.3 Å². The van der Waals surface area contributed by atoms with Crippen LogP contribution in [0.15, 0.2) is 18.2 Å². The Balaban J connectivity index is 2.60. The third-order valence-corrected chi connectivity index (χ3v) is 2.53. The summed E-state index contributed by atoms with van der Waals surface area (Å²) in [4.78, 5) is 11.3. The molecule has 1 unspecified atom stereocenters. The average molecular weight is 238 g/mol. The first-order valence-electron chi connectivity index (χ1n) is 5.39. The first-order valence-corrected chi connectivity index (χ1v) is 5.39. The minimum absolute atomic E-state index is 0.0852. The molecule has 1 aromatic carbocycles. The molecular weight excluding hydrogens is 220 g/mol. The quantitative estimate of drug-likeness (QED) is 0.703. The van der Waals surface area contributed by atoms with Crippen LogP contribution in [0, 0.1) is 0 Å². The third kappa shape index (κ3) is 3.64. The van der Waals surface area contributed by atoms with E-state index in [0.717, 1.165) is 5.56 Å². The Hall–Kier alpha value is -1.75. The summed E-state index contributed by atoms with van der Waals surface area (Å²) in [5.74, 6) is 0.671. The number of nitrogens with one attached hydrogen (secondary N) is 2. The Bertz CT molecular complexity index is 393. The number of phenols is 1. The fourth-order valence-corrected chi connectivity index (χ4v) is 1.39. The number of aromatic hydroxyl groups is 1. The van der Waals surface area contributed by atoms with Crippen molar-refractivity contribution in [3.05, 3.63) is 23.8 Å². The van der Waals surface area contributed by atoms with Crippen molar-refractivity contribution in [1.29, 1.82) is 0 Å². The number of likely N-dealkylation sites (N-methyl/N-ethyl adjacent to an activating group) is 1. The molecule has 0 aliphatic heterocycles. The van der Waals surface area contributed by atoms with E-state index in [1.807, 2.05) is 0 Å². The second kappa shape index (κ2) is 6.10. The number of carbonyl (C=O) groups is 1. The number of hydrogen-bond donors (Lipinski definition) is 3. The van der Waals surface area contributed by atoms with Gasteiger partial charge < -0.3 is 20.5 Å². The summed E-state index contributed by atoms with van der Waals surface area (Å²) < 4.78 is 4.99. The maximum Gasteiger partial charge on any atom is 0.236 e. The lowest BCUT2D eigenvalue weighted by molar-refractivity contribution is -0.122. The summed E-state index contributed by atoms with van der Waals surface area (Å²) >= 11 is 0. The van der Waals surface area contributed by atoms with Crippen molar-refractivity contribution < 1.29 is 14.6 Å². The molecule has 0 saturated carbocycles. The van der Waals surface area contributed by atoms with Crippen LogP contribution in [0.4, 0.5) is 0 Å². The van der Waals surface area contributed by atoms with Crippen LogP contribution in [0.25, 0.3) is 0 Å². The molecule has 0 aliphatic rings. The SMILES string of the molecule is CNC(=O)C(C)NCc1ccc(OC)cc1O. The predicted molar refractivity (Wildman–Crippen MR) is 65.0 cm³/mol. The molecule has 0 bridgehead atoms. The van der Waals surface area contributed by atoms with Crippen LogP contribution >= 0.6 is 0 Å². The molecule has 5 heteroatoms. The van der Waals surface area contributed by atoms with Gasteiger partial charge in [-0.2, -0.15) is 0 Å². The van der Waals surface area contributed by atoms with Gasteiger partial charge in [0, 0.05) is 25.2 Å². The lowest BCUT2D eigenvalue weighted by Crippen LogP contribution is -2.40. The summed E-state index contributed by atoms with van der Waals surface area (Å²) in [6, 6.07) is 4.77. The van der Waals surface area contributed by atoms with Gasteiger partial charge in [0.25, 0.3) is 0 Å². The molecule has 3 N–H and O–H groups in total. The minimum Gasteiger partial charge on any atom is -0.507 e. The van der Waals surface area contributed by atoms with E-state index in [-0.39, 0.29) is 17.7 Å². The van der Waals surface area contributed by atoms with Gasteiger partial charge in [-0.05, 0) is 13.0 Å². The van der Waals surface area contributed by atoms with Crippen molar-refractivity contribution in [3.63, 3.8) is 0 Å². The number of phenolic OH excluding ortho intramolecular Hbond substituents is 1. The van der Waals surface area contributed by atoms with Crippen LogP contribution in [-0.4, -0.2) is 31.2 Å². The summed E-state index contributed by atoms with van der Waals surface area (Å²) in [5.41, 5.74) is 0.724. The average Bonchev–Trinajstić information content (AvgIpc) is 2.35. The highest BCUT2D eigenvalue weighted by atomic mass is 16.5. The first kappa shape index (κ1) is 13.3. The molecule has 5 nitrogen and oxygen atoms in total. The van der Waals surface area contributed by atoms with Gasteiger partial charge in [-0.15, -0.1) is 0 Å². The maximum absolute atomic E-state index is 11.3. The second-order valence-electron chi connectivity index (χ2n) is 3.71. The number of benzene rings is 1. The van der Waals surface area contributed by atoms with Gasteiger partial charge >= 0.3 is 0 Å². The molecule has 0 spiro atoms. The van der Waals surface area contributed by atoms with E-state index in [9.17, 15) is 9.90 Å². The first-order chi connectivity index (χ1) is 8.08. The second-order valence-corrected chi connectivity index (χ2v) is 3.71. The maximum atomic E-state index is 11.3. The highest BCUT2D eigenvalue weighted by molar-refractivity contribution is 5.80. The van der Waals surface area contributed by atoms with Gasteiger partial charge in [-0.25, -0.2) is 0 Å². The van der Waals surface area contributed by atoms with E-state index >= 15 is 0 Å². The van der Waals surface area contributed by atoms with Gasteiger partial charge in [0.2, 0.25) is 5.91 Å². The van der Waals surface area contributed by atoms with Gasteiger partial charge in [-0.1, -0.05) is 6.07 Å². The zero-order valence-corrected chi connectivity index (χ0v) is 10.3. The summed E-state index contributed by atoms with van der Waals surface area (Å²) in [6.07, 6.45) is 0. The Morgan fingerprint density at radius 2 is 2.24 bits per heavy atom. The van der Waals surface area contributed by atoms with Crippen molar-refractivity contribution >= 4 is 5.91 Å². The standard InChI is InChI=1S/C12H18N2O3/c1-8(12(16)13-2)14-7-9-4-5-10(17-3)6-11(9)15/h4-6,8,14-15H,7H2,1-3H3,(H,13,16). The van der Waals surface area contributed by atoms with Crippen LogP contribution in [0.1, 0.15) is 12.5 Å². The van der Waals surface area contributed by atoms with Crippen molar-refractivity contribution in [1.82, 2.24) is 10.6 Å². The molecule has 0 aliphatic carbocycles. The van der Waals surface area contributed by atoms with E-state index in [1.54, 1.807) is 39.3 Å². The molecule has 17 heavy (non-hydrogen) atoms. The number of amides is 1. The highest BCUT2D eigenvalue weighted by Crippen LogP contribution is 2.23. The zero-order chi connectivity index (χ0) is 12.8. The Morgan fingerprint density at radius 3 is 2.76 bits per heavy atom. The molecule has 0 fully saturated rings. The van der Waals surface area contributed by atoms with Crippen LogP contribution in [0.5, 0.6) is 11.5 Å². The van der Waals surface area contributed by atoms with Crippen molar-refractivity contribution in [2.75, 3.05) is 14.2 Å². The molecule has 1 atom stereocenters. The van der Waals surface area contributed by atoms with Crippen molar-refractivity contribution in [2.24, 2.45) is 0 Å². The third-order valence-electron chi connectivity index (χ3n) is 2.53. The summed E-state index contributed by atoms with van der Waals surface area (Å²) in [5, 5.41) is 15.3. The molecule has 1 aromatic rings. The normalized spacial score (nSPS) is 11.9. The molecule has 1 rings (SSSR count). The largest absolute Gasteiger partial charge is 0.507 e. The predicted octanol–water partition coefficient (Wildman–Crippen LogP) is 0.625. The zero-order valence-electron chi connectivity index (χ0n) is 10.3. The van der Waals surface area contributed by atoms with Crippen LogP contribution < -0.4 is 15.4 Å². The van der Waals surface area contributed by atoms with Crippen molar-refractivity contribution in [2.45, 2.75) is 19.5 Å². The van der Waals surface area contributed by atoms with Gasteiger partial charge in [0.1, 0.15) is 11.5 Å². The lowest BCUT2D eigenvalue weighted by Gasteiger charge is -2.13. The van der Waals surface area contributed by atoms with E-state index in [0.29, 0.717) is 12.3 Å². The molecule has 0 saturated heterocycles. The topological polar surface area (TPSA) is 70.6 Å². The number of carbonyl (C=O) groups excluding carboxylic acids is 1. The molecule has 0 radical (unpaired) electrons. The lowest BCUT2D eigenvalue weighted by atomic mass is 10.1. The fraction of sp³-hybridized carbons (Fsp3) is 0.417. The van der Waals surface area contributed by atoms with Gasteiger partial charge in [0.15, 0.2) is 0 Å². The van der Waals surface area contributed by atoms with Gasteiger partial charge in [-0.3, -0.25) is 4.79 Å². The Kier molecular flexibility index (Phi) is 4.78. The summed E-state index contributed by atoms with van der Waals surface area (Å²) in [6.45, 7) is 2.18. The molecule has 0 aromatic heterocycles. The number of methoxy groups -OCH3 is 1. The highest BCUT2D eigenvalue weighted by Gasteiger charge is 2.11. The molecular formula is C12H18N2O3. The number of hydrogen-bond acceptors (Lipinski definition) is 4. The molecule has 0 heterocycles. The fourth-order valence-electron chi connectivity index (χ4n) is 1.39. The number of rotatable bonds is 5. The smallest absolute Gasteiger partial charge is 0.236 e. The monoisotopic (exact) mass is 238 g/mol.